The van der Waals surface area contributed by atoms with E-state index in [-0.39, 0.29) is 9.75 Å². The molecule has 0 unspecified atom stereocenters. The standard InChI is InChI=1S/C27H18F6S2/c1-15-3-7-17(8-4-15)19-11-13-21(34-19)23-24(26(30,31)27(32,33)25(23,28)29)22-14-12-20(35-22)18-9-5-16(2)6-10-18/h3-14H,1-2H3. The summed E-state index contributed by atoms with van der Waals surface area (Å²) in [5.41, 5.74) is 0.720. The Morgan fingerprint density at radius 2 is 0.771 bits per heavy atom. The minimum Gasteiger partial charge on any atom is -0.194 e. The molecule has 2 heterocycles. The lowest BCUT2D eigenvalue weighted by molar-refractivity contribution is -0.254. The van der Waals surface area contributed by atoms with Crippen molar-refractivity contribution in [2.75, 3.05) is 0 Å². The van der Waals surface area contributed by atoms with Crippen molar-refractivity contribution in [3.05, 3.63) is 93.7 Å². The van der Waals surface area contributed by atoms with E-state index in [1.165, 1.54) is 24.3 Å². The Kier molecular flexibility index (Phi) is 5.53. The second-order valence-corrected chi connectivity index (χ2v) is 10.7. The van der Waals surface area contributed by atoms with Gasteiger partial charge in [-0.25, -0.2) is 0 Å². The van der Waals surface area contributed by atoms with E-state index in [1.807, 2.05) is 38.1 Å². The molecule has 0 saturated heterocycles. The van der Waals surface area contributed by atoms with Gasteiger partial charge in [0.1, 0.15) is 0 Å². The molecule has 0 bridgehead atoms. The van der Waals surface area contributed by atoms with E-state index in [0.717, 1.165) is 33.8 Å². The Bertz CT molecular complexity index is 1320. The lowest BCUT2D eigenvalue weighted by Crippen LogP contribution is -2.48. The van der Waals surface area contributed by atoms with Crippen LogP contribution in [0, 0.1) is 13.8 Å². The SMILES string of the molecule is Cc1ccc(-c2ccc(C3=C(c4ccc(-c5ccc(C)cc5)s4)C(F)(F)C(F)(F)C3(F)F)s2)cc1. The maximum atomic E-state index is 15.1. The fourth-order valence-corrected chi connectivity index (χ4v) is 6.26. The average Bonchev–Trinajstić information content (AvgIpc) is 3.49. The first-order valence-corrected chi connectivity index (χ1v) is 12.3. The van der Waals surface area contributed by atoms with Crippen molar-refractivity contribution >= 4 is 33.8 Å². The Morgan fingerprint density at radius 3 is 1.11 bits per heavy atom. The Labute approximate surface area is 206 Å². The summed E-state index contributed by atoms with van der Waals surface area (Å²) in [7, 11) is 0. The topological polar surface area (TPSA) is 0 Å². The highest BCUT2D eigenvalue weighted by Crippen LogP contribution is 2.66. The van der Waals surface area contributed by atoms with E-state index in [9.17, 15) is 8.78 Å². The first-order chi connectivity index (χ1) is 16.4. The highest BCUT2D eigenvalue weighted by atomic mass is 32.1. The van der Waals surface area contributed by atoms with Crippen molar-refractivity contribution in [1.29, 1.82) is 0 Å². The van der Waals surface area contributed by atoms with Crippen LogP contribution in [-0.2, 0) is 0 Å². The molecule has 1 aliphatic carbocycles. The van der Waals surface area contributed by atoms with Gasteiger partial charge in [-0.3, -0.25) is 0 Å². The van der Waals surface area contributed by atoms with Gasteiger partial charge in [-0.05, 0) is 49.2 Å². The van der Waals surface area contributed by atoms with Crippen molar-refractivity contribution < 1.29 is 26.3 Å². The van der Waals surface area contributed by atoms with Crippen LogP contribution >= 0.6 is 22.7 Å². The van der Waals surface area contributed by atoms with Gasteiger partial charge in [-0.1, -0.05) is 59.7 Å². The molecule has 2 aromatic heterocycles. The van der Waals surface area contributed by atoms with Crippen LogP contribution < -0.4 is 0 Å². The molecule has 35 heavy (non-hydrogen) atoms. The van der Waals surface area contributed by atoms with Crippen molar-refractivity contribution in [2.24, 2.45) is 0 Å². The molecule has 0 N–H and O–H groups in total. The fraction of sp³-hybridized carbons (Fsp3) is 0.185. The van der Waals surface area contributed by atoms with Gasteiger partial charge < -0.3 is 0 Å². The molecule has 4 aromatic rings. The second kappa shape index (κ2) is 8.10. The monoisotopic (exact) mass is 520 g/mol. The average molecular weight is 521 g/mol. The first kappa shape index (κ1) is 23.9. The zero-order valence-corrected chi connectivity index (χ0v) is 20.1. The van der Waals surface area contributed by atoms with Gasteiger partial charge in [0.25, 0.3) is 0 Å². The molecule has 0 aliphatic heterocycles. The molecule has 0 radical (unpaired) electrons. The van der Waals surface area contributed by atoms with Crippen LogP contribution in [0.1, 0.15) is 20.9 Å². The highest BCUT2D eigenvalue weighted by molar-refractivity contribution is 7.17. The number of benzene rings is 2. The minimum absolute atomic E-state index is 0.303. The molecule has 0 spiro atoms. The van der Waals surface area contributed by atoms with Gasteiger partial charge >= 0.3 is 17.8 Å². The Morgan fingerprint density at radius 1 is 0.457 bits per heavy atom. The molecule has 1 aliphatic rings. The maximum absolute atomic E-state index is 15.1. The van der Waals surface area contributed by atoms with Crippen LogP contribution in [0.25, 0.3) is 32.0 Å². The second-order valence-electron chi connectivity index (χ2n) is 8.53. The Hall–Kier alpha value is -2.84. The largest absolute Gasteiger partial charge is 0.380 e. The lowest BCUT2D eigenvalue weighted by atomic mass is 10.1. The van der Waals surface area contributed by atoms with E-state index in [1.54, 1.807) is 24.3 Å². The number of halogens is 6. The summed E-state index contributed by atoms with van der Waals surface area (Å²) in [5, 5.41) is 0. The van der Waals surface area contributed by atoms with E-state index in [2.05, 4.69) is 0 Å². The summed E-state index contributed by atoms with van der Waals surface area (Å²) in [6.45, 7) is 3.77. The number of allylic oxidation sites excluding steroid dienone is 2. The number of hydrogen-bond donors (Lipinski definition) is 0. The molecule has 8 heteroatoms. The number of hydrogen-bond acceptors (Lipinski definition) is 2. The number of alkyl halides is 6. The molecule has 0 saturated carbocycles. The lowest BCUT2D eigenvalue weighted by Gasteiger charge is -2.25. The smallest absolute Gasteiger partial charge is 0.194 e. The molecule has 5 rings (SSSR count). The third-order valence-electron chi connectivity index (χ3n) is 6.04. The van der Waals surface area contributed by atoms with Gasteiger partial charge in [-0.2, -0.15) is 26.3 Å². The van der Waals surface area contributed by atoms with Crippen molar-refractivity contribution in [3.63, 3.8) is 0 Å². The summed E-state index contributed by atoms with van der Waals surface area (Å²) >= 11 is 1.59. The van der Waals surface area contributed by atoms with Gasteiger partial charge in [-0.15, -0.1) is 22.7 Å². The molecular formula is C27H18F6S2. The maximum Gasteiger partial charge on any atom is 0.380 e. The first-order valence-electron chi connectivity index (χ1n) is 10.7. The van der Waals surface area contributed by atoms with Crippen molar-refractivity contribution in [2.45, 2.75) is 31.6 Å². The molecule has 0 amide bonds. The fourth-order valence-electron chi connectivity index (χ4n) is 4.07. The van der Waals surface area contributed by atoms with Crippen molar-refractivity contribution in [1.82, 2.24) is 0 Å². The normalized spacial score (nSPS) is 18.3. The minimum atomic E-state index is -5.56. The van der Waals surface area contributed by atoms with Crippen LogP contribution in [-0.4, -0.2) is 17.8 Å². The summed E-state index contributed by atoms with van der Waals surface area (Å²) in [6.07, 6.45) is 0. The zero-order chi connectivity index (χ0) is 25.2. The molecule has 2 aromatic carbocycles. The van der Waals surface area contributed by atoms with Crippen LogP contribution in [0.4, 0.5) is 26.3 Å². The van der Waals surface area contributed by atoms with Gasteiger partial charge in [0.2, 0.25) is 0 Å². The highest BCUT2D eigenvalue weighted by Gasteiger charge is 2.80. The van der Waals surface area contributed by atoms with Crippen LogP contribution in [0.3, 0.4) is 0 Å². The van der Waals surface area contributed by atoms with E-state index >= 15 is 17.6 Å². The number of rotatable bonds is 4. The summed E-state index contributed by atoms with van der Waals surface area (Å²) in [6, 6.07) is 19.8. The Balaban J connectivity index is 1.68. The zero-order valence-electron chi connectivity index (χ0n) is 18.5. The quantitative estimate of drug-likeness (QED) is 0.235. The van der Waals surface area contributed by atoms with Crippen molar-refractivity contribution in [3.8, 4) is 20.9 Å². The van der Waals surface area contributed by atoms with E-state index < -0.39 is 28.9 Å². The van der Waals surface area contributed by atoms with Crippen LogP contribution in [0.5, 0.6) is 0 Å². The third-order valence-corrected chi connectivity index (χ3v) is 8.35. The van der Waals surface area contributed by atoms with Crippen LogP contribution in [0.2, 0.25) is 0 Å². The molecule has 180 valence electrons. The summed E-state index contributed by atoms with van der Waals surface area (Å²) < 4.78 is 89.4. The number of thiophene rings is 2. The summed E-state index contributed by atoms with van der Waals surface area (Å²) in [4.78, 5) is 0.436. The molecular weight excluding hydrogens is 502 g/mol. The predicted molar refractivity (Wildman–Crippen MR) is 131 cm³/mol. The molecule has 0 nitrogen and oxygen atoms in total. The molecule has 0 atom stereocenters. The van der Waals surface area contributed by atoms with E-state index in [4.69, 9.17) is 0 Å². The predicted octanol–water partition coefficient (Wildman–Crippen LogP) is 9.59. The number of aryl methyl sites for hydroxylation is 2. The van der Waals surface area contributed by atoms with E-state index in [0.29, 0.717) is 20.9 Å². The summed E-state index contributed by atoms with van der Waals surface area (Å²) in [5.74, 6) is -15.7. The van der Waals surface area contributed by atoms with Gasteiger partial charge in [0.15, 0.2) is 0 Å². The third kappa shape index (κ3) is 3.65. The van der Waals surface area contributed by atoms with Crippen LogP contribution in [0.15, 0.2) is 72.8 Å². The van der Waals surface area contributed by atoms with Gasteiger partial charge in [0, 0.05) is 19.5 Å². The molecule has 0 fully saturated rings. The van der Waals surface area contributed by atoms with Gasteiger partial charge in [0.05, 0.1) is 11.1 Å².